The van der Waals surface area contributed by atoms with Crippen molar-refractivity contribution in [3.8, 4) is 0 Å². The lowest BCUT2D eigenvalue weighted by Crippen LogP contribution is -2.55. The highest BCUT2D eigenvalue weighted by molar-refractivity contribution is 6.25. The molecule has 5 rings (SSSR count). The normalized spacial score (nSPS) is 36.8. The van der Waals surface area contributed by atoms with Gasteiger partial charge in [-0.3, -0.25) is 9.59 Å². The number of allylic oxidation sites excluding steroid dienone is 2. The summed E-state index contributed by atoms with van der Waals surface area (Å²) in [6.07, 6.45) is 0.761. The number of amides is 1. The quantitative estimate of drug-likeness (QED) is 0.434. The molecule has 10 heteroatoms. The lowest BCUT2D eigenvalue weighted by atomic mass is 9.83. The van der Waals surface area contributed by atoms with E-state index in [1.807, 2.05) is 4.90 Å². The molecule has 0 radical (unpaired) electrons. The van der Waals surface area contributed by atoms with Crippen molar-refractivity contribution in [1.29, 1.82) is 0 Å². The topological polar surface area (TPSA) is 139 Å². The summed E-state index contributed by atoms with van der Waals surface area (Å²) in [5.41, 5.74) is 5.05. The largest absolute Gasteiger partial charge is 0.486 e. The Hall–Kier alpha value is -2.43. The lowest BCUT2D eigenvalue weighted by Gasteiger charge is -2.39. The highest BCUT2D eigenvalue weighted by atomic mass is 16.6. The minimum absolute atomic E-state index is 0.0334. The number of carbonyl (C=O) groups excluding carboxylic acids is 3. The summed E-state index contributed by atoms with van der Waals surface area (Å²) in [5.74, 6) is -1.27. The van der Waals surface area contributed by atoms with Crippen LogP contribution in [-0.2, 0) is 28.5 Å². The van der Waals surface area contributed by atoms with Gasteiger partial charge in [-0.25, -0.2) is 4.79 Å². The number of fused-ring (bicyclic) bond motifs is 4. The Morgan fingerprint density at radius 3 is 2.80 bits per heavy atom. The van der Waals surface area contributed by atoms with Crippen LogP contribution in [0, 0.1) is 5.92 Å². The van der Waals surface area contributed by atoms with Crippen molar-refractivity contribution < 1.29 is 33.3 Å². The fourth-order valence-corrected chi connectivity index (χ4v) is 5.39. The molecule has 0 aromatic rings. The molecule has 0 aromatic carbocycles. The number of Topliss-reactive ketones (excluding diaryl/α,β-unsaturated/α-hetero) is 2. The van der Waals surface area contributed by atoms with Gasteiger partial charge in [0.15, 0.2) is 11.5 Å². The standard InChI is InChI=1S/C20H25N3O7/c1-9-15(24)14-13(16(25)17(9)29-7-10-4-3-5-28-10)11(8-30-19(21)26)20(27-2)18-12(22-18)6-23(14)20/h10-12,18,22H,3-8H2,1-2H3,(H2,21,26)/t10?,11?,12?,18?,20-/m1/s1. The number of primary amides is 1. The van der Waals surface area contributed by atoms with Gasteiger partial charge < -0.3 is 34.9 Å². The van der Waals surface area contributed by atoms with Gasteiger partial charge in [-0.1, -0.05) is 0 Å². The number of nitrogens with zero attached hydrogens (tertiary/aromatic N) is 1. The van der Waals surface area contributed by atoms with Crippen molar-refractivity contribution in [2.45, 2.75) is 43.7 Å². The van der Waals surface area contributed by atoms with Crippen LogP contribution in [0.2, 0.25) is 0 Å². The summed E-state index contributed by atoms with van der Waals surface area (Å²) in [6.45, 7) is 2.85. The maximum atomic E-state index is 13.5. The maximum Gasteiger partial charge on any atom is 0.404 e. The Labute approximate surface area is 173 Å². The average molecular weight is 419 g/mol. The Bertz CT molecular complexity index is 891. The number of nitrogens with one attached hydrogen (secondary N) is 1. The van der Waals surface area contributed by atoms with Gasteiger partial charge in [-0.2, -0.15) is 0 Å². The molecule has 4 heterocycles. The van der Waals surface area contributed by atoms with Gasteiger partial charge in [-0.15, -0.1) is 0 Å². The zero-order valence-electron chi connectivity index (χ0n) is 16.9. The van der Waals surface area contributed by atoms with Crippen molar-refractivity contribution in [2.75, 3.05) is 33.5 Å². The van der Waals surface area contributed by atoms with Crippen molar-refractivity contribution in [1.82, 2.24) is 10.2 Å². The molecule has 3 fully saturated rings. The first kappa shape index (κ1) is 19.5. The maximum absolute atomic E-state index is 13.5. The molecular formula is C20H25N3O7. The second-order valence-corrected chi connectivity index (χ2v) is 8.32. The monoisotopic (exact) mass is 419 g/mol. The molecule has 162 valence electrons. The van der Waals surface area contributed by atoms with E-state index in [1.54, 1.807) is 6.92 Å². The van der Waals surface area contributed by atoms with Crippen molar-refractivity contribution in [2.24, 2.45) is 11.7 Å². The Morgan fingerprint density at radius 1 is 1.33 bits per heavy atom. The van der Waals surface area contributed by atoms with E-state index in [-0.39, 0.29) is 59.9 Å². The van der Waals surface area contributed by atoms with Gasteiger partial charge in [0.1, 0.15) is 13.2 Å². The summed E-state index contributed by atoms with van der Waals surface area (Å²) < 4.78 is 22.4. The Kier molecular flexibility index (Phi) is 4.42. The summed E-state index contributed by atoms with van der Waals surface area (Å²) in [6, 6.07) is 0.0752. The molecule has 0 bridgehead atoms. The number of hydrogen-bond acceptors (Lipinski definition) is 9. The summed E-state index contributed by atoms with van der Waals surface area (Å²) >= 11 is 0. The van der Waals surface area contributed by atoms with Crippen LogP contribution >= 0.6 is 0 Å². The predicted octanol–water partition coefficient (Wildman–Crippen LogP) is -0.414. The van der Waals surface area contributed by atoms with Gasteiger partial charge in [0.2, 0.25) is 11.6 Å². The van der Waals surface area contributed by atoms with E-state index in [4.69, 9.17) is 24.7 Å². The summed E-state index contributed by atoms with van der Waals surface area (Å²) in [7, 11) is 1.54. The lowest BCUT2D eigenvalue weighted by molar-refractivity contribution is -0.137. The highest BCUT2D eigenvalue weighted by Crippen LogP contribution is 2.55. The van der Waals surface area contributed by atoms with Gasteiger partial charge in [0.05, 0.1) is 23.8 Å². The molecule has 4 unspecified atom stereocenters. The SMILES string of the molecule is CO[C@@]12C(COC(N)=O)C3=C(C(=O)C(C)=C(OCC4CCCO4)C3=O)N1CC1NC12. The number of ketones is 2. The van der Waals surface area contributed by atoms with Gasteiger partial charge in [0, 0.05) is 37.4 Å². The second-order valence-electron chi connectivity index (χ2n) is 8.32. The third kappa shape index (κ3) is 2.57. The second kappa shape index (κ2) is 6.79. The molecule has 3 saturated heterocycles. The number of ether oxygens (including phenoxy) is 4. The average Bonchev–Trinajstić information content (AvgIpc) is 3.08. The van der Waals surface area contributed by atoms with Crippen LogP contribution in [0.5, 0.6) is 0 Å². The van der Waals surface area contributed by atoms with Crippen LogP contribution in [0.1, 0.15) is 19.8 Å². The minimum atomic E-state index is -0.986. The molecule has 0 spiro atoms. The zero-order chi connectivity index (χ0) is 21.2. The van der Waals surface area contributed by atoms with Crippen LogP contribution in [0.15, 0.2) is 22.6 Å². The number of rotatable bonds is 6. The molecule has 3 N–H and O–H groups in total. The molecule has 10 nitrogen and oxygen atoms in total. The Morgan fingerprint density at radius 2 is 2.13 bits per heavy atom. The van der Waals surface area contributed by atoms with Crippen molar-refractivity contribution >= 4 is 17.7 Å². The van der Waals surface area contributed by atoms with Gasteiger partial charge >= 0.3 is 6.09 Å². The molecule has 5 aliphatic rings. The van der Waals surface area contributed by atoms with E-state index in [0.717, 1.165) is 12.8 Å². The molecule has 5 atom stereocenters. The van der Waals surface area contributed by atoms with E-state index >= 15 is 0 Å². The van der Waals surface area contributed by atoms with E-state index in [1.165, 1.54) is 7.11 Å². The first-order chi connectivity index (χ1) is 14.4. The van der Waals surface area contributed by atoms with E-state index in [2.05, 4.69) is 5.32 Å². The first-order valence-electron chi connectivity index (χ1n) is 10.2. The molecule has 4 aliphatic heterocycles. The third-order valence-electron chi connectivity index (χ3n) is 6.81. The number of hydrogen-bond donors (Lipinski definition) is 2. The molecule has 1 amide bonds. The summed E-state index contributed by atoms with van der Waals surface area (Å²) in [5, 5.41) is 3.32. The molecule has 0 saturated carbocycles. The van der Waals surface area contributed by atoms with Crippen molar-refractivity contribution in [3.63, 3.8) is 0 Å². The smallest absolute Gasteiger partial charge is 0.404 e. The number of methoxy groups -OCH3 is 1. The Balaban J connectivity index is 1.50. The van der Waals surface area contributed by atoms with E-state index in [0.29, 0.717) is 18.8 Å². The summed E-state index contributed by atoms with van der Waals surface area (Å²) in [4.78, 5) is 40.0. The number of piperazine rings is 1. The molecular weight excluding hydrogens is 394 g/mol. The fraction of sp³-hybridized carbons (Fsp3) is 0.650. The highest BCUT2D eigenvalue weighted by Gasteiger charge is 2.72. The number of carbonyl (C=O) groups is 3. The molecule has 30 heavy (non-hydrogen) atoms. The number of nitrogens with two attached hydrogens (primary N) is 1. The fourth-order valence-electron chi connectivity index (χ4n) is 5.39. The molecule has 1 aliphatic carbocycles. The minimum Gasteiger partial charge on any atom is -0.486 e. The van der Waals surface area contributed by atoms with Crippen LogP contribution < -0.4 is 11.1 Å². The predicted molar refractivity (Wildman–Crippen MR) is 101 cm³/mol. The van der Waals surface area contributed by atoms with Crippen LogP contribution in [0.3, 0.4) is 0 Å². The molecule has 0 aromatic heterocycles. The third-order valence-corrected chi connectivity index (χ3v) is 6.81. The van der Waals surface area contributed by atoms with Gasteiger partial charge in [-0.05, 0) is 19.8 Å². The van der Waals surface area contributed by atoms with Crippen molar-refractivity contribution in [3.05, 3.63) is 22.6 Å². The van der Waals surface area contributed by atoms with E-state index in [9.17, 15) is 14.4 Å². The van der Waals surface area contributed by atoms with Crippen LogP contribution in [0.4, 0.5) is 4.79 Å². The van der Waals surface area contributed by atoms with Crippen LogP contribution in [0.25, 0.3) is 0 Å². The first-order valence-corrected chi connectivity index (χ1v) is 10.2. The van der Waals surface area contributed by atoms with Crippen LogP contribution in [-0.4, -0.2) is 79.9 Å². The van der Waals surface area contributed by atoms with Gasteiger partial charge in [0.25, 0.3) is 0 Å². The van der Waals surface area contributed by atoms with E-state index < -0.39 is 17.7 Å². The zero-order valence-corrected chi connectivity index (χ0v) is 16.9.